The lowest BCUT2D eigenvalue weighted by Crippen LogP contribution is -2.46. The van der Waals surface area contributed by atoms with E-state index >= 15 is 0 Å². The third-order valence-corrected chi connectivity index (χ3v) is 3.05. The number of esters is 1. The summed E-state index contributed by atoms with van der Waals surface area (Å²) in [4.78, 5) is 22.6. The summed E-state index contributed by atoms with van der Waals surface area (Å²) in [5.41, 5.74) is 0. The lowest BCUT2D eigenvalue weighted by Gasteiger charge is -2.18. The normalized spacial score (nSPS) is 27.6. The van der Waals surface area contributed by atoms with Crippen molar-refractivity contribution in [3.05, 3.63) is 12.3 Å². The van der Waals surface area contributed by atoms with E-state index in [0.717, 1.165) is 25.7 Å². The van der Waals surface area contributed by atoms with Crippen LogP contribution in [-0.4, -0.2) is 51.6 Å². The SMILES string of the molecule is CCCCC/C=C/NC(=O)[C@H](O)[C@H]1OC(=O)[C@@H](O)[C@H]1O. The number of cyclic esters (lactones) is 1. The molecule has 0 radical (unpaired) electrons. The van der Waals surface area contributed by atoms with Gasteiger partial charge in [-0.25, -0.2) is 4.79 Å². The maximum atomic E-state index is 11.6. The van der Waals surface area contributed by atoms with Crippen LogP contribution in [0.5, 0.6) is 0 Å². The molecule has 0 aliphatic carbocycles. The van der Waals surface area contributed by atoms with Crippen molar-refractivity contribution in [1.82, 2.24) is 5.32 Å². The summed E-state index contributed by atoms with van der Waals surface area (Å²) in [6.45, 7) is 2.09. The molecule has 1 amide bonds. The first-order valence-corrected chi connectivity index (χ1v) is 6.69. The zero-order valence-electron chi connectivity index (χ0n) is 11.4. The van der Waals surface area contributed by atoms with Gasteiger partial charge in [-0.15, -0.1) is 0 Å². The fraction of sp³-hybridized carbons (Fsp3) is 0.692. The summed E-state index contributed by atoms with van der Waals surface area (Å²) in [6.07, 6.45) is 0.657. The van der Waals surface area contributed by atoms with E-state index in [9.17, 15) is 24.9 Å². The Morgan fingerprint density at radius 2 is 2.15 bits per heavy atom. The molecule has 0 saturated carbocycles. The zero-order valence-corrected chi connectivity index (χ0v) is 11.4. The van der Waals surface area contributed by atoms with Crippen LogP contribution in [0.2, 0.25) is 0 Å². The Morgan fingerprint density at radius 3 is 2.70 bits per heavy atom. The van der Waals surface area contributed by atoms with Crippen LogP contribution >= 0.6 is 0 Å². The van der Waals surface area contributed by atoms with Crippen LogP contribution in [0.1, 0.15) is 32.6 Å². The molecule has 7 heteroatoms. The molecule has 0 aromatic rings. The molecule has 20 heavy (non-hydrogen) atoms. The number of allylic oxidation sites excluding steroid dienone is 1. The molecule has 0 unspecified atom stereocenters. The van der Waals surface area contributed by atoms with Gasteiger partial charge in [0.15, 0.2) is 18.3 Å². The summed E-state index contributed by atoms with van der Waals surface area (Å²) in [5.74, 6) is -1.85. The van der Waals surface area contributed by atoms with Crippen LogP contribution in [0.15, 0.2) is 12.3 Å². The Labute approximate surface area is 117 Å². The first kappa shape index (κ1) is 16.6. The van der Waals surface area contributed by atoms with Gasteiger partial charge < -0.3 is 25.4 Å². The van der Waals surface area contributed by atoms with E-state index in [2.05, 4.69) is 17.0 Å². The van der Waals surface area contributed by atoms with Crippen LogP contribution in [-0.2, 0) is 14.3 Å². The first-order valence-electron chi connectivity index (χ1n) is 6.69. The number of aliphatic hydroxyl groups is 3. The number of unbranched alkanes of at least 4 members (excludes halogenated alkanes) is 3. The van der Waals surface area contributed by atoms with E-state index in [1.165, 1.54) is 6.20 Å². The van der Waals surface area contributed by atoms with Gasteiger partial charge in [0.2, 0.25) is 0 Å². The number of nitrogens with one attached hydrogen (secondary N) is 1. The zero-order chi connectivity index (χ0) is 15.1. The predicted octanol–water partition coefficient (Wildman–Crippen LogP) is -0.795. The summed E-state index contributed by atoms with van der Waals surface area (Å²) < 4.78 is 4.55. The van der Waals surface area contributed by atoms with Gasteiger partial charge in [0.05, 0.1) is 0 Å². The average molecular weight is 287 g/mol. The van der Waals surface area contributed by atoms with Gasteiger partial charge in [-0.1, -0.05) is 25.8 Å². The Balaban J connectivity index is 2.38. The fourth-order valence-corrected chi connectivity index (χ4v) is 1.82. The maximum Gasteiger partial charge on any atom is 0.338 e. The molecule has 114 valence electrons. The van der Waals surface area contributed by atoms with Crippen LogP contribution in [0.3, 0.4) is 0 Å². The van der Waals surface area contributed by atoms with E-state index in [1.807, 2.05) is 0 Å². The van der Waals surface area contributed by atoms with Crippen LogP contribution in [0.25, 0.3) is 0 Å². The molecule has 1 heterocycles. The van der Waals surface area contributed by atoms with Crippen molar-refractivity contribution >= 4 is 11.9 Å². The summed E-state index contributed by atoms with van der Waals surface area (Å²) in [7, 11) is 0. The highest BCUT2D eigenvalue weighted by molar-refractivity contribution is 5.84. The van der Waals surface area contributed by atoms with Crippen molar-refractivity contribution in [1.29, 1.82) is 0 Å². The second kappa shape index (κ2) is 7.98. The maximum absolute atomic E-state index is 11.6. The number of hydrogen-bond donors (Lipinski definition) is 4. The van der Waals surface area contributed by atoms with Crippen molar-refractivity contribution in [3.8, 4) is 0 Å². The third kappa shape index (κ3) is 4.29. The third-order valence-electron chi connectivity index (χ3n) is 3.05. The monoisotopic (exact) mass is 287 g/mol. The molecular weight excluding hydrogens is 266 g/mol. The van der Waals surface area contributed by atoms with E-state index < -0.39 is 36.3 Å². The van der Waals surface area contributed by atoms with Gasteiger partial charge in [0, 0.05) is 0 Å². The Bertz CT molecular complexity index is 370. The highest BCUT2D eigenvalue weighted by atomic mass is 16.6. The highest BCUT2D eigenvalue weighted by Crippen LogP contribution is 2.19. The molecule has 0 bridgehead atoms. The largest absolute Gasteiger partial charge is 0.454 e. The molecule has 4 atom stereocenters. The number of aliphatic hydroxyl groups excluding tert-OH is 3. The van der Waals surface area contributed by atoms with E-state index in [-0.39, 0.29) is 0 Å². The molecule has 1 aliphatic heterocycles. The molecule has 1 saturated heterocycles. The first-order chi connectivity index (χ1) is 9.49. The van der Waals surface area contributed by atoms with E-state index in [4.69, 9.17) is 0 Å². The quantitative estimate of drug-likeness (QED) is 0.360. The molecule has 1 fully saturated rings. The molecule has 7 nitrogen and oxygen atoms in total. The van der Waals surface area contributed by atoms with E-state index in [0.29, 0.717) is 0 Å². The van der Waals surface area contributed by atoms with Crippen LogP contribution < -0.4 is 5.32 Å². The van der Waals surface area contributed by atoms with Crippen molar-refractivity contribution in [2.45, 2.75) is 57.0 Å². The molecule has 1 rings (SSSR count). The van der Waals surface area contributed by atoms with Gasteiger partial charge in [-0.3, -0.25) is 4.79 Å². The van der Waals surface area contributed by atoms with Gasteiger partial charge in [-0.2, -0.15) is 0 Å². The number of carbonyl (C=O) groups excluding carboxylic acids is 2. The molecule has 0 aromatic carbocycles. The Morgan fingerprint density at radius 1 is 1.45 bits per heavy atom. The second-order valence-electron chi connectivity index (χ2n) is 4.69. The van der Waals surface area contributed by atoms with Crippen molar-refractivity contribution in [2.24, 2.45) is 0 Å². The molecule has 1 aliphatic rings. The molecule has 0 spiro atoms. The lowest BCUT2D eigenvalue weighted by atomic mass is 10.1. The van der Waals surface area contributed by atoms with Gasteiger partial charge in [-0.05, 0) is 19.0 Å². The number of rotatable bonds is 7. The van der Waals surface area contributed by atoms with Crippen LogP contribution in [0.4, 0.5) is 0 Å². The number of hydrogen-bond acceptors (Lipinski definition) is 6. The average Bonchev–Trinajstić information content (AvgIpc) is 2.69. The highest BCUT2D eigenvalue weighted by Gasteiger charge is 2.48. The predicted molar refractivity (Wildman–Crippen MR) is 69.3 cm³/mol. The smallest absolute Gasteiger partial charge is 0.338 e. The number of ether oxygens (including phenoxy) is 1. The topological polar surface area (TPSA) is 116 Å². The van der Waals surface area contributed by atoms with Crippen molar-refractivity contribution in [2.75, 3.05) is 0 Å². The molecule has 4 N–H and O–H groups in total. The van der Waals surface area contributed by atoms with Gasteiger partial charge in [0.1, 0.15) is 6.10 Å². The van der Waals surface area contributed by atoms with E-state index in [1.54, 1.807) is 6.08 Å². The summed E-state index contributed by atoms with van der Waals surface area (Å²) in [6, 6.07) is 0. The Hall–Kier alpha value is -1.44. The fourth-order valence-electron chi connectivity index (χ4n) is 1.82. The van der Waals surface area contributed by atoms with Gasteiger partial charge in [0.25, 0.3) is 5.91 Å². The van der Waals surface area contributed by atoms with Crippen molar-refractivity contribution in [3.63, 3.8) is 0 Å². The lowest BCUT2D eigenvalue weighted by molar-refractivity contribution is -0.153. The number of carbonyl (C=O) groups is 2. The minimum absolute atomic E-state index is 0.803. The molecular formula is C13H21NO6. The van der Waals surface area contributed by atoms with Crippen LogP contribution in [0, 0.1) is 0 Å². The summed E-state index contributed by atoms with van der Waals surface area (Å²) >= 11 is 0. The standard InChI is InChI=1S/C13H21NO6/c1-2-3-4-5-6-7-14-12(18)10(17)11-8(15)9(16)13(19)20-11/h6-11,15-17H,2-5H2,1H3,(H,14,18)/b7-6+/t8-,9+,10-,11+/m1/s1. The number of amides is 1. The minimum atomic E-state index is -1.73. The minimum Gasteiger partial charge on any atom is -0.454 e. The Kier molecular flexibility index (Phi) is 6.63. The molecule has 0 aromatic heterocycles. The summed E-state index contributed by atoms with van der Waals surface area (Å²) in [5, 5.41) is 30.6. The second-order valence-corrected chi connectivity index (χ2v) is 4.69. The van der Waals surface area contributed by atoms with Gasteiger partial charge >= 0.3 is 5.97 Å². The van der Waals surface area contributed by atoms with Crippen molar-refractivity contribution < 1.29 is 29.6 Å².